The van der Waals surface area contributed by atoms with Crippen LogP contribution in [-0.2, 0) is 4.74 Å². The van der Waals surface area contributed by atoms with Gasteiger partial charge in [0.15, 0.2) is 5.78 Å². The first-order valence-corrected chi connectivity index (χ1v) is 8.98. The number of aliphatic imine (C=N–C) groups is 1. The third-order valence-electron chi connectivity index (χ3n) is 4.99. The van der Waals surface area contributed by atoms with Crippen molar-refractivity contribution in [2.45, 2.75) is 12.5 Å². The fourth-order valence-electron chi connectivity index (χ4n) is 3.57. The van der Waals surface area contributed by atoms with Gasteiger partial charge in [-0.15, -0.1) is 0 Å². The molecule has 1 fully saturated rings. The Bertz CT molecular complexity index is 894. The summed E-state index contributed by atoms with van der Waals surface area (Å²) in [7, 11) is 3.28. The van der Waals surface area contributed by atoms with E-state index in [1.165, 1.54) is 0 Å². The van der Waals surface area contributed by atoms with Gasteiger partial charge in [0.25, 0.3) is 0 Å². The molecule has 1 atom stereocenters. The van der Waals surface area contributed by atoms with Crippen LogP contribution in [0.2, 0.25) is 0 Å². The van der Waals surface area contributed by atoms with E-state index in [4.69, 9.17) is 19.2 Å². The third-order valence-corrected chi connectivity index (χ3v) is 4.99. The number of fused-ring (bicyclic) bond motifs is 1. The number of ether oxygens (including phenoxy) is 3. The first-order chi connectivity index (χ1) is 13.2. The van der Waals surface area contributed by atoms with Crippen LogP contribution in [0.15, 0.2) is 47.5 Å². The van der Waals surface area contributed by atoms with Crippen LogP contribution in [0.25, 0.3) is 0 Å². The highest BCUT2D eigenvalue weighted by Gasteiger charge is 2.30. The number of amidine groups is 1. The molecule has 6 heteroatoms. The quantitative estimate of drug-likeness (QED) is 0.833. The van der Waals surface area contributed by atoms with Crippen LogP contribution >= 0.6 is 0 Å². The molecule has 0 aliphatic carbocycles. The van der Waals surface area contributed by atoms with Gasteiger partial charge in [0.2, 0.25) is 0 Å². The minimum Gasteiger partial charge on any atom is -0.497 e. The molecule has 1 saturated heterocycles. The van der Waals surface area contributed by atoms with Crippen molar-refractivity contribution in [2.75, 3.05) is 33.9 Å². The highest BCUT2D eigenvalue weighted by Crippen LogP contribution is 2.34. The number of morpholine rings is 1. The SMILES string of the molecule is COc1ccc(OC)c(C2CN(C3=Nc4ccccc4C(=O)C3)CCO2)c1. The molecule has 1 unspecified atom stereocenters. The van der Waals surface area contributed by atoms with Crippen molar-refractivity contribution in [3.05, 3.63) is 53.6 Å². The summed E-state index contributed by atoms with van der Waals surface area (Å²) < 4.78 is 16.9. The molecule has 0 aromatic heterocycles. The summed E-state index contributed by atoms with van der Waals surface area (Å²) in [5, 5.41) is 0. The second-order valence-electron chi connectivity index (χ2n) is 6.56. The van der Waals surface area contributed by atoms with E-state index in [2.05, 4.69) is 4.90 Å². The molecule has 2 aromatic carbocycles. The summed E-state index contributed by atoms with van der Waals surface area (Å²) in [6.07, 6.45) is 0.137. The first kappa shape index (κ1) is 17.5. The Kier molecular flexibility index (Phi) is 4.81. The van der Waals surface area contributed by atoms with Gasteiger partial charge in [-0.2, -0.15) is 0 Å². The Hall–Kier alpha value is -2.86. The van der Waals surface area contributed by atoms with Crippen molar-refractivity contribution in [3.63, 3.8) is 0 Å². The summed E-state index contributed by atoms with van der Waals surface area (Å²) in [6.45, 7) is 1.87. The van der Waals surface area contributed by atoms with Crippen LogP contribution in [0.1, 0.15) is 28.4 Å². The Labute approximate surface area is 158 Å². The van der Waals surface area contributed by atoms with Gasteiger partial charge in [-0.25, -0.2) is 4.99 Å². The Morgan fingerprint density at radius 2 is 2.00 bits per heavy atom. The maximum atomic E-state index is 12.5. The van der Waals surface area contributed by atoms with Crippen molar-refractivity contribution in [1.82, 2.24) is 4.90 Å². The average molecular weight is 366 g/mol. The number of benzene rings is 2. The monoisotopic (exact) mass is 366 g/mol. The van der Waals surface area contributed by atoms with Crippen molar-refractivity contribution >= 4 is 17.3 Å². The van der Waals surface area contributed by atoms with Gasteiger partial charge >= 0.3 is 0 Å². The lowest BCUT2D eigenvalue weighted by atomic mass is 10.0. The molecule has 0 spiro atoms. The van der Waals surface area contributed by atoms with Crippen molar-refractivity contribution in [3.8, 4) is 11.5 Å². The lowest BCUT2D eigenvalue weighted by Crippen LogP contribution is -2.43. The molecule has 2 aliphatic rings. The van der Waals surface area contributed by atoms with Crippen LogP contribution in [0.4, 0.5) is 5.69 Å². The molecule has 140 valence electrons. The van der Waals surface area contributed by atoms with Gasteiger partial charge in [0.1, 0.15) is 23.4 Å². The number of rotatable bonds is 3. The van der Waals surface area contributed by atoms with Crippen LogP contribution in [0.5, 0.6) is 11.5 Å². The van der Waals surface area contributed by atoms with Crippen molar-refractivity contribution < 1.29 is 19.0 Å². The Morgan fingerprint density at radius 3 is 2.81 bits per heavy atom. The van der Waals surface area contributed by atoms with Gasteiger partial charge in [-0.05, 0) is 30.3 Å². The lowest BCUT2D eigenvalue weighted by Gasteiger charge is -2.36. The van der Waals surface area contributed by atoms with E-state index in [1.54, 1.807) is 14.2 Å². The van der Waals surface area contributed by atoms with Crippen LogP contribution in [0, 0.1) is 0 Å². The average Bonchev–Trinajstić information content (AvgIpc) is 2.73. The molecule has 2 heterocycles. The molecule has 0 amide bonds. The number of Topliss-reactive ketones (excluding diaryl/α,β-unsaturated/α-hetero) is 1. The molecule has 4 rings (SSSR count). The Morgan fingerprint density at radius 1 is 1.15 bits per heavy atom. The predicted molar refractivity (Wildman–Crippen MR) is 102 cm³/mol. The maximum Gasteiger partial charge on any atom is 0.172 e. The standard InChI is InChI=1S/C21H22N2O4/c1-25-14-7-8-19(26-2)16(11-14)20-13-23(9-10-27-20)21-12-18(24)15-5-3-4-6-17(15)22-21/h3-8,11,20H,9-10,12-13H2,1-2H3. The largest absolute Gasteiger partial charge is 0.497 e. The highest BCUT2D eigenvalue weighted by molar-refractivity contribution is 6.15. The molecule has 0 N–H and O–H groups in total. The summed E-state index contributed by atoms with van der Waals surface area (Å²) >= 11 is 0. The topological polar surface area (TPSA) is 60.4 Å². The van der Waals surface area contributed by atoms with Crippen LogP contribution < -0.4 is 9.47 Å². The second-order valence-corrected chi connectivity index (χ2v) is 6.56. The van der Waals surface area contributed by atoms with Crippen LogP contribution in [-0.4, -0.2) is 50.4 Å². The molecule has 0 saturated carbocycles. The number of hydrogen-bond acceptors (Lipinski definition) is 6. The normalized spacial score (nSPS) is 19.3. The molecule has 2 aliphatic heterocycles. The number of methoxy groups -OCH3 is 2. The van der Waals surface area contributed by atoms with E-state index in [9.17, 15) is 4.79 Å². The van der Waals surface area contributed by atoms with E-state index in [1.807, 2.05) is 42.5 Å². The number of carbonyl (C=O) groups excluding carboxylic acids is 1. The number of carbonyl (C=O) groups is 1. The van der Waals surface area contributed by atoms with Crippen molar-refractivity contribution in [1.29, 1.82) is 0 Å². The van der Waals surface area contributed by atoms with E-state index >= 15 is 0 Å². The molecular weight excluding hydrogens is 344 g/mol. The smallest absolute Gasteiger partial charge is 0.172 e. The summed E-state index contributed by atoms with van der Waals surface area (Å²) in [5.74, 6) is 2.42. The molecular formula is C21H22N2O4. The zero-order valence-corrected chi connectivity index (χ0v) is 15.5. The minimum atomic E-state index is -0.182. The minimum absolute atomic E-state index is 0.109. The zero-order chi connectivity index (χ0) is 18.8. The lowest BCUT2D eigenvalue weighted by molar-refractivity contribution is -0.00869. The molecule has 0 radical (unpaired) electrons. The fourth-order valence-corrected chi connectivity index (χ4v) is 3.57. The van der Waals surface area contributed by atoms with E-state index in [0.29, 0.717) is 31.7 Å². The van der Waals surface area contributed by atoms with E-state index < -0.39 is 0 Å². The van der Waals surface area contributed by atoms with Crippen molar-refractivity contribution in [2.24, 2.45) is 4.99 Å². The van der Waals surface area contributed by atoms with Gasteiger partial charge in [0, 0.05) is 24.2 Å². The molecule has 2 aromatic rings. The summed E-state index contributed by atoms with van der Waals surface area (Å²) in [5.41, 5.74) is 2.37. The maximum absolute atomic E-state index is 12.5. The number of para-hydroxylation sites is 1. The molecule has 0 bridgehead atoms. The summed E-state index contributed by atoms with van der Waals surface area (Å²) in [6, 6.07) is 13.2. The van der Waals surface area contributed by atoms with Gasteiger partial charge < -0.3 is 19.1 Å². The number of nitrogens with zero attached hydrogens (tertiary/aromatic N) is 2. The number of ketones is 1. The summed E-state index contributed by atoms with van der Waals surface area (Å²) in [4.78, 5) is 19.4. The molecule has 6 nitrogen and oxygen atoms in total. The fraction of sp³-hybridized carbons (Fsp3) is 0.333. The zero-order valence-electron chi connectivity index (χ0n) is 15.5. The second kappa shape index (κ2) is 7.40. The third kappa shape index (κ3) is 3.40. The van der Waals surface area contributed by atoms with Gasteiger partial charge in [-0.3, -0.25) is 4.79 Å². The van der Waals surface area contributed by atoms with Gasteiger partial charge in [0.05, 0.1) is 32.9 Å². The Balaban J connectivity index is 1.61. The molecule has 27 heavy (non-hydrogen) atoms. The van der Waals surface area contributed by atoms with E-state index in [0.717, 1.165) is 28.6 Å². The van der Waals surface area contributed by atoms with Gasteiger partial charge in [-0.1, -0.05) is 12.1 Å². The van der Waals surface area contributed by atoms with E-state index in [-0.39, 0.29) is 11.9 Å². The highest BCUT2D eigenvalue weighted by atomic mass is 16.5. The van der Waals surface area contributed by atoms with Crippen LogP contribution in [0.3, 0.4) is 0 Å². The predicted octanol–water partition coefficient (Wildman–Crippen LogP) is 3.39. The first-order valence-electron chi connectivity index (χ1n) is 8.98. The number of hydrogen-bond donors (Lipinski definition) is 0.